The van der Waals surface area contributed by atoms with Gasteiger partial charge in [0, 0.05) is 37.0 Å². The van der Waals surface area contributed by atoms with Gasteiger partial charge in [0.15, 0.2) is 6.61 Å². The molecule has 10 heteroatoms. The van der Waals surface area contributed by atoms with Crippen molar-refractivity contribution >= 4 is 17.6 Å². The summed E-state index contributed by atoms with van der Waals surface area (Å²) in [5.41, 5.74) is 2.79. The highest BCUT2D eigenvalue weighted by Gasteiger charge is 2.29. The molecule has 172 valence electrons. The van der Waals surface area contributed by atoms with Crippen molar-refractivity contribution in [2.24, 2.45) is 0 Å². The lowest BCUT2D eigenvalue weighted by Crippen LogP contribution is -2.23. The zero-order valence-electron chi connectivity index (χ0n) is 17.9. The summed E-state index contributed by atoms with van der Waals surface area (Å²) in [5, 5.41) is 5.22. The molecule has 1 aromatic carbocycles. The van der Waals surface area contributed by atoms with Gasteiger partial charge in [0.2, 0.25) is 11.8 Å². The van der Waals surface area contributed by atoms with Crippen LogP contribution in [0.25, 0.3) is 11.1 Å². The fourth-order valence-corrected chi connectivity index (χ4v) is 2.98. The van der Waals surface area contributed by atoms with E-state index in [-0.39, 0.29) is 29.7 Å². The highest BCUT2D eigenvalue weighted by atomic mass is 19.4. The molecule has 0 aliphatic rings. The number of amides is 2. The summed E-state index contributed by atoms with van der Waals surface area (Å²) in [4.78, 5) is 31.7. The fourth-order valence-electron chi connectivity index (χ4n) is 2.98. The van der Waals surface area contributed by atoms with E-state index in [1.54, 1.807) is 24.3 Å². The van der Waals surface area contributed by atoms with Gasteiger partial charge in [0.25, 0.3) is 5.91 Å². The first-order valence-electron chi connectivity index (χ1n) is 9.88. The number of nitrogens with zero attached hydrogens (tertiary/aromatic N) is 2. The Morgan fingerprint density at radius 3 is 2.58 bits per heavy atom. The van der Waals surface area contributed by atoms with Crippen LogP contribution in [0.2, 0.25) is 0 Å². The number of carbonyl (C=O) groups excluding carboxylic acids is 2. The van der Waals surface area contributed by atoms with Crippen molar-refractivity contribution in [1.29, 1.82) is 0 Å². The normalized spacial score (nSPS) is 11.1. The van der Waals surface area contributed by atoms with Crippen LogP contribution in [0, 0.1) is 6.92 Å². The van der Waals surface area contributed by atoms with Crippen molar-refractivity contribution in [3.05, 3.63) is 71.5 Å². The van der Waals surface area contributed by atoms with Crippen LogP contribution in [0.4, 0.5) is 19.0 Å². The standard InChI is InChI=1S/C23H21F3N4O3/c1-14-4-3-5-17(8-14)19-9-16(12-29-22(19)33-13-23(24,25)26)11-28-21(32)18-6-7-27-20(10-18)30-15(2)31/h3-10,12H,11,13H2,1-2H3,(H,28,32)(H,27,30,31). The minimum Gasteiger partial charge on any atom is -0.468 e. The molecule has 0 bridgehead atoms. The highest BCUT2D eigenvalue weighted by Crippen LogP contribution is 2.31. The van der Waals surface area contributed by atoms with Gasteiger partial charge in [-0.3, -0.25) is 9.59 Å². The van der Waals surface area contributed by atoms with E-state index in [0.29, 0.717) is 16.7 Å². The largest absolute Gasteiger partial charge is 0.468 e. The van der Waals surface area contributed by atoms with Gasteiger partial charge in [0.1, 0.15) is 5.82 Å². The van der Waals surface area contributed by atoms with Crippen LogP contribution in [0.15, 0.2) is 54.9 Å². The number of aryl methyl sites for hydroxylation is 1. The number of hydrogen-bond acceptors (Lipinski definition) is 5. The molecule has 0 aliphatic carbocycles. The Morgan fingerprint density at radius 1 is 1.09 bits per heavy atom. The van der Waals surface area contributed by atoms with Crippen molar-refractivity contribution < 1.29 is 27.5 Å². The van der Waals surface area contributed by atoms with E-state index >= 15 is 0 Å². The molecule has 7 nitrogen and oxygen atoms in total. The number of ether oxygens (including phenoxy) is 1. The van der Waals surface area contributed by atoms with Crippen LogP contribution in [-0.2, 0) is 11.3 Å². The number of rotatable bonds is 7. The lowest BCUT2D eigenvalue weighted by atomic mass is 10.0. The molecule has 0 unspecified atom stereocenters. The average molecular weight is 458 g/mol. The average Bonchev–Trinajstić information content (AvgIpc) is 2.75. The third-order valence-corrected chi connectivity index (χ3v) is 4.39. The second-order valence-electron chi connectivity index (χ2n) is 7.26. The molecule has 0 radical (unpaired) electrons. The van der Waals surface area contributed by atoms with Crippen molar-refractivity contribution in [3.8, 4) is 17.0 Å². The molecule has 2 N–H and O–H groups in total. The molecular weight excluding hydrogens is 437 g/mol. The number of carbonyl (C=O) groups is 2. The number of aromatic nitrogens is 2. The van der Waals surface area contributed by atoms with Gasteiger partial charge in [-0.15, -0.1) is 0 Å². The first-order chi connectivity index (χ1) is 15.6. The lowest BCUT2D eigenvalue weighted by Gasteiger charge is -2.14. The molecule has 0 fully saturated rings. The monoisotopic (exact) mass is 458 g/mol. The number of anilines is 1. The Kier molecular flexibility index (Phi) is 7.27. The van der Waals surface area contributed by atoms with Gasteiger partial charge in [-0.2, -0.15) is 13.2 Å². The Morgan fingerprint density at radius 2 is 1.88 bits per heavy atom. The third-order valence-electron chi connectivity index (χ3n) is 4.39. The van der Waals surface area contributed by atoms with E-state index in [9.17, 15) is 22.8 Å². The second-order valence-corrected chi connectivity index (χ2v) is 7.26. The molecule has 0 saturated carbocycles. The minimum absolute atomic E-state index is 0.0714. The number of nitrogens with one attached hydrogen (secondary N) is 2. The quantitative estimate of drug-likeness (QED) is 0.551. The molecule has 0 spiro atoms. The number of benzene rings is 1. The van der Waals surface area contributed by atoms with Crippen molar-refractivity contribution in [3.63, 3.8) is 0 Å². The summed E-state index contributed by atoms with van der Waals surface area (Å²) >= 11 is 0. The maximum Gasteiger partial charge on any atom is 0.422 e. The number of hydrogen-bond donors (Lipinski definition) is 2. The predicted octanol–water partition coefficient (Wildman–Crippen LogP) is 4.28. The third kappa shape index (κ3) is 7.03. The molecule has 33 heavy (non-hydrogen) atoms. The number of halogens is 3. The van der Waals surface area contributed by atoms with Crippen LogP contribution in [0.5, 0.6) is 5.88 Å². The second kappa shape index (κ2) is 10.1. The number of alkyl halides is 3. The topological polar surface area (TPSA) is 93.2 Å². The molecule has 3 rings (SSSR count). The molecular formula is C23H21F3N4O3. The molecule has 2 aromatic heterocycles. The Balaban J connectivity index is 1.80. The van der Waals surface area contributed by atoms with Gasteiger partial charge < -0.3 is 15.4 Å². The SMILES string of the molecule is CC(=O)Nc1cc(C(=O)NCc2cnc(OCC(F)(F)F)c(-c3cccc(C)c3)c2)ccn1. The zero-order valence-corrected chi connectivity index (χ0v) is 17.9. The Hall–Kier alpha value is -3.95. The first kappa shape index (κ1) is 23.7. The smallest absolute Gasteiger partial charge is 0.422 e. The van der Waals surface area contributed by atoms with E-state index < -0.39 is 18.7 Å². The summed E-state index contributed by atoms with van der Waals surface area (Å²) < 4.78 is 42.9. The molecule has 2 heterocycles. The van der Waals surface area contributed by atoms with Crippen LogP contribution in [0.3, 0.4) is 0 Å². The van der Waals surface area contributed by atoms with Crippen molar-refractivity contribution in [2.75, 3.05) is 11.9 Å². The van der Waals surface area contributed by atoms with Crippen molar-refractivity contribution in [1.82, 2.24) is 15.3 Å². The highest BCUT2D eigenvalue weighted by molar-refractivity contribution is 5.96. The summed E-state index contributed by atoms with van der Waals surface area (Å²) in [7, 11) is 0. The summed E-state index contributed by atoms with van der Waals surface area (Å²) in [6.07, 6.45) is -1.76. The van der Waals surface area contributed by atoms with Crippen molar-refractivity contribution in [2.45, 2.75) is 26.6 Å². The fraction of sp³-hybridized carbons (Fsp3) is 0.217. The van der Waals surface area contributed by atoms with Gasteiger partial charge in [-0.05, 0) is 36.2 Å². The summed E-state index contributed by atoms with van der Waals surface area (Å²) in [6.45, 7) is 1.80. The number of pyridine rings is 2. The maximum atomic E-state index is 12.7. The van der Waals surface area contributed by atoms with E-state index in [0.717, 1.165) is 5.56 Å². The van der Waals surface area contributed by atoms with Gasteiger partial charge in [-0.25, -0.2) is 9.97 Å². The molecule has 0 atom stereocenters. The van der Waals surface area contributed by atoms with E-state index in [4.69, 9.17) is 4.74 Å². The van der Waals surface area contributed by atoms with E-state index in [2.05, 4.69) is 20.6 Å². The molecule has 2 amide bonds. The van der Waals surface area contributed by atoms with E-state index in [1.807, 2.05) is 13.0 Å². The van der Waals surface area contributed by atoms with Crippen LogP contribution >= 0.6 is 0 Å². The Bertz CT molecular complexity index is 1170. The molecule has 0 saturated heterocycles. The molecule has 3 aromatic rings. The maximum absolute atomic E-state index is 12.7. The van der Waals surface area contributed by atoms with Crippen LogP contribution in [0.1, 0.15) is 28.4 Å². The summed E-state index contributed by atoms with van der Waals surface area (Å²) in [6, 6.07) is 11.7. The minimum atomic E-state index is -4.50. The molecule has 0 aliphatic heterocycles. The van der Waals surface area contributed by atoms with E-state index in [1.165, 1.54) is 31.5 Å². The Labute approximate surface area is 188 Å². The van der Waals surface area contributed by atoms with Gasteiger partial charge in [0.05, 0.1) is 0 Å². The lowest BCUT2D eigenvalue weighted by molar-refractivity contribution is -0.154. The van der Waals surface area contributed by atoms with Gasteiger partial charge >= 0.3 is 6.18 Å². The van der Waals surface area contributed by atoms with Crippen LogP contribution in [-0.4, -0.2) is 34.6 Å². The summed E-state index contributed by atoms with van der Waals surface area (Å²) in [5.74, 6) is -0.645. The van der Waals surface area contributed by atoms with Crippen LogP contribution < -0.4 is 15.4 Å². The predicted molar refractivity (Wildman–Crippen MR) is 116 cm³/mol. The van der Waals surface area contributed by atoms with Gasteiger partial charge in [-0.1, -0.05) is 29.8 Å². The zero-order chi connectivity index (χ0) is 24.0. The first-order valence-corrected chi connectivity index (χ1v) is 9.88.